The molecule has 0 radical (unpaired) electrons. The molecule has 0 unspecified atom stereocenters. The van der Waals surface area contributed by atoms with Crippen molar-refractivity contribution in [2.75, 3.05) is 0 Å². The van der Waals surface area contributed by atoms with Gasteiger partial charge in [0, 0.05) is 12.0 Å². The molecule has 1 aromatic heterocycles. The van der Waals surface area contributed by atoms with E-state index in [9.17, 15) is 5.11 Å². The number of allylic oxidation sites excluding steroid dienone is 1. The van der Waals surface area contributed by atoms with Crippen LogP contribution in [-0.4, -0.2) is 25.3 Å². The second kappa shape index (κ2) is 9.16. The van der Waals surface area contributed by atoms with Crippen LogP contribution in [0.5, 0.6) is 0 Å². The summed E-state index contributed by atoms with van der Waals surface area (Å²) in [5, 5.41) is 23.6. The Hall–Kier alpha value is -4.51. The van der Waals surface area contributed by atoms with Gasteiger partial charge in [-0.1, -0.05) is 116 Å². The van der Waals surface area contributed by atoms with E-state index in [0.29, 0.717) is 12.2 Å². The monoisotopic (exact) mass is 444 g/mol. The summed E-state index contributed by atoms with van der Waals surface area (Å²) in [4.78, 5) is 1.71. The first kappa shape index (κ1) is 21.3. The average Bonchev–Trinajstić information content (AvgIpc) is 3.37. The fourth-order valence-electron chi connectivity index (χ4n) is 4.41. The molecule has 1 N–H and O–H groups in total. The number of nitrogens with zero attached hydrogens (tertiary/aromatic N) is 4. The first-order chi connectivity index (χ1) is 16.7. The highest BCUT2D eigenvalue weighted by atomic mass is 16.3. The topological polar surface area (TPSA) is 63.8 Å². The zero-order valence-corrected chi connectivity index (χ0v) is 18.6. The number of aromatic nitrogens is 4. The summed E-state index contributed by atoms with van der Waals surface area (Å²) < 4.78 is 0. The molecule has 0 saturated heterocycles. The van der Waals surface area contributed by atoms with Crippen LogP contribution < -0.4 is 0 Å². The van der Waals surface area contributed by atoms with Crippen molar-refractivity contribution in [2.24, 2.45) is 0 Å². The molecule has 0 aliphatic rings. The fraction of sp³-hybridized carbons (Fsp3) is 0.0690. The smallest absolute Gasteiger partial charge is 0.204 e. The van der Waals surface area contributed by atoms with Gasteiger partial charge in [0.05, 0.1) is 5.76 Å². The summed E-state index contributed by atoms with van der Waals surface area (Å²) in [5.41, 5.74) is 4.03. The quantitative estimate of drug-likeness (QED) is 0.255. The lowest BCUT2D eigenvalue weighted by Gasteiger charge is -2.34. The van der Waals surface area contributed by atoms with Crippen LogP contribution in [0.3, 0.4) is 0 Å². The van der Waals surface area contributed by atoms with Crippen LogP contribution in [0.2, 0.25) is 0 Å². The van der Waals surface area contributed by atoms with Crippen LogP contribution >= 0.6 is 0 Å². The second-order valence-electron chi connectivity index (χ2n) is 8.15. The van der Waals surface area contributed by atoms with E-state index in [1.54, 1.807) is 4.80 Å². The van der Waals surface area contributed by atoms with Gasteiger partial charge in [0.25, 0.3) is 0 Å². The van der Waals surface area contributed by atoms with Gasteiger partial charge >= 0.3 is 0 Å². The van der Waals surface area contributed by atoms with E-state index < -0.39 is 5.54 Å². The molecular formula is C29H24N4O. The molecule has 166 valence electrons. The van der Waals surface area contributed by atoms with Crippen LogP contribution in [0, 0.1) is 0 Å². The molecule has 0 fully saturated rings. The second-order valence-corrected chi connectivity index (χ2v) is 8.15. The standard InChI is InChI=1S/C29H24N4O/c1-22(34)20-23-12-11-13-24(21-23)28-30-32-33(31-28)29(25-14-5-2-6-15-25,26-16-7-3-8-17-26)27-18-9-4-10-19-27/h2-19,21,34H,1,20H2. The van der Waals surface area contributed by atoms with Crippen molar-refractivity contribution in [1.29, 1.82) is 0 Å². The highest BCUT2D eigenvalue weighted by Crippen LogP contribution is 2.39. The highest BCUT2D eigenvalue weighted by molar-refractivity contribution is 5.56. The molecule has 0 aliphatic heterocycles. The molecule has 5 heteroatoms. The van der Waals surface area contributed by atoms with Crippen LogP contribution in [0.15, 0.2) is 128 Å². The molecule has 5 nitrogen and oxygen atoms in total. The van der Waals surface area contributed by atoms with E-state index in [1.165, 1.54) is 0 Å². The van der Waals surface area contributed by atoms with Gasteiger partial charge in [0.1, 0.15) is 0 Å². The van der Waals surface area contributed by atoms with E-state index in [0.717, 1.165) is 27.8 Å². The van der Waals surface area contributed by atoms with Crippen molar-refractivity contribution in [2.45, 2.75) is 12.0 Å². The molecule has 0 amide bonds. The minimum absolute atomic E-state index is 0.116. The predicted molar refractivity (Wildman–Crippen MR) is 133 cm³/mol. The van der Waals surface area contributed by atoms with E-state index in [2.05, 4.69) is 53.3 Å². The van der Waals surface area contributed by atoms with Gasteiger partial charge in [-0.05, 0) is 33.5 Å². The van der Waals surface area contributed by atoms with E-state index in [4.69, 9.17) is 5.10 Å². The lowest BCUT2D eigenvalue weighted by molar-refractivity contribution is 0.395. The summed E-state index contributed by atoms with van der Waals surface area (Å²) in [5.74, 6) is 0.627. The largest absolute Gasteiger partial charge is 0.513 e. The molecule has 5 rings (SSSR count). The molecule has 1 heterocycles. The molecule has 0 saturated carbocycles. The molecular weight excluding hydrogens is 420 g/mol. The van der Waals surface area contributed by atoms with Crippen molar-refractivity contribution in [3.8, 4) is 11.4 Å². The predicted octanol–water partition coefficient (Wildman–Crippen LogP) is 5.79. The molecule has 5 aromatic rings. The lowest BCUT2D eigenvalue weighted by Crippen LogP contribution is -2.39. The van der Waals surface area contributed by atoms with E-state index in [1.807, 2.05) is 78.9 Å². The van der Waals surface area contributed by atoms with Crippen LogP contribution in [0.25, 0.3) is 11.4 Å². The first-order valence-electron chi connectivity index (χ1n) is 11.1. The van der Waals surface area contributed by atoms with Crippen molar-refractivity contribution >= 4 is 0 Å². The number of benzene rings is 4. The summed E-state index contributed by atoms with van der Waals surface area (Å²) in [6.07, 6.45) is 0.379. The zero-order valence-electron chi connectivity index (χ0n) is 18.6. The van der Waals surface area contributed by atoms with Crippen molar-refractivity contribution < 1.29 is 5.11 Å². The maximum absolute atomic E-state index is 9.61. The Kier molecular flexibility index (Phi) is 5.75. The Labute approximate surface area is 198 Å². The number of rotatable bonds is 7. The normalized spacial score (nSPS) is 11.3. The Bertz CT molecular complexity index is 1300. The number of aliphatic hydroxyl groups is 1. The highest BCUT2D eigenvalue weighted by Gasteiger charge is 2.41. The van der Waals surface area contributed by atoms with Gasteiger partial charge in [-0.15, -0.1) is 15.0 Å². The molecule has 34 heavy (non-hydrogen) atoms. The third-order valence-corrected chi connectivity index (χ3v) is 5.88. The Morgan fingerprint density at radius 2 is 1.26 bits per heavy atom. The lowest BCUT2D eigenvalue weighted by atomic mass is 9.77. The Balaban J connectivity index is 1.74. The maximum atomic E-state index is 9.61. The number of hydrogen-bond donors (Lipinski definition) is 1. The maximum Gasteiger partial charge on any atom is 0.204 e. The molecule has 4 aromatic carbocycles. The summed E-state index contributed by atoms with van der Waals surface area (Å²) in [7, 11) is 0. The van der Waals surface area contributed by atoms with Crippen LogP contribution in [0.4, 0.5) is 0 Å². The van der Waals surface area contributed by atoms with Gasteiger partial charge in [-0.2, -0.15) is 0 Å². The van der Waals surface area contributed by atoms with Gasteiger partial charge < -0.3 is 5.11 Å². The summed E-state index contributed by atoms with van der Waals surface area (Å²) in [6, 6.07) is 38.5. The van der Waals surface area contributed by atoms with Gasteiger partial charge in [-0.25, -0.2) is 0 Å². The van der Waals surface area contributed by atoms with Gasteiger partial charge in [-0.3, -0.25) is 0 Å². The minimum atomic E-state index is -0.813. The Morgan fingerprint density at radius 3 is 1.76 bits per heavy atom. The number of tetrazole rings is 1. The first-order valence-corrected chi connectivity index (χ1v) is 11.1. The minimum Gasteiger partial charge on any atom is -0.513 e. The van der Waals surface area contributed by atoms with Gasteiger partial charge in [0.15, 0.2) is 5.54 Å². The van der Waals surface area contributed by atoms with Crippen LogP contribution in [-0.2, 0) is 12.0 Å². The number of hydrogen-bond acceptors (Lipinski definition) is 4. The van der Waals surface area contributed by atoms with Gasteiger partial charge in [0.2, 0.25) is 5.82 Å². The van der Waals surface area contributed by atoms with Crippen molar-refractivity contribution in [1.82, 2.24) is 20.2 Å². The third kappa shape index (κ3) is 3.88. The summed E-state index contributed by atoms with van der Waals surface area (Å²) in [6.45, 7) is 3.60. The summed E-state index contributed by atoms with van der Waals surface area (Å²) >= 11 is 0. The molecule has 0 bridgehead atoms. The Morgan fingerprint density at radius 1 is 0.735 bits per heavy atom. The average molecular weight is 445 g/mol. The molecule has 0 atom stereocenters. The van der Waals surface area contributed by atoms with E-state index in [-0.39, 0.29) is 5.76 Å². The SMILES string of the molecule is C=C(O)Cc1cccc(-c2nnn(C(c3ccccc3)(c3ccccc3)c3ccccc3)n2)c1. The van der Waals surface area contributed by atoms with Crippen molar-refractivity contribution in [3.63, 3.8) is 0 Å². The van der Waals surface area contributed by atoms with E-state index >= 15 is 0 Å². The third-order valence-electron chi connectivity index (χ3n) is 5.88. The molecule has 0 spiro atoms. The van der Waals surface area contributed by atoms with Crippen molar-refractivity contribution in [3.05, 3.63) is 150 Å². The van der Waals surface area contributed by atoms with Crippen LogP contribution in [0.1, 0.15) is 22.3 Å². The zero-order chi connectivity index (χ0) is 23.4. The molecule has 0 aliphatic carbocycles. The number of aliphatic hydroxyl groups excluding tert-OH is 1. The fourth-order valence-corrected chi connectivity index (χ4v) is 4.41.